The van der Waals surface area contributed by atoms with Crippen LogP contribution in [0.5, 0.6) is 0 Å². The fourth-order valence-electron chi connectivity index (χ4n) is 18.1. The van der Waals surface area contributed by atoms with E-state index in [9.17, 15) is 29.7 Å². The molecule has 3 aromatic carbocycles. The van der Waals surface area contributed by atoms with E-state index < -0.39 is 16.8 Å². The maximum Gasteiger partial charge on any atom is 0.278 e. The van der Waals surface area contributed by atoms with Crippen molar-refractivity contribution in [1.82, 2.24) is 87.6 Å². The molecule has 6 bridgehead atoms. The van der Waals surface area contributed by atoms with E-state index in [1.165, 1.54) is 55.8 Å². The molecule has 4 fully saturated rings. The summed E-state index contributed by atoms with van der Waals surface area (Å²) in [6.45, 7) is 15.2. The zero-order chi connectivity index (χ0) is 85.3. The number of nitrogens with zero attached hydrogens (tertiary/aromatic N) is 21. The Morgan fingerprint density at radius 1 is 0.366 bits per heavy atom. The van der Waals surface area contributed by atoms with E-state index in [1.807, 2.05) is 115 Å². The van der Waals surface area contributed by atoms with E-state index in [-0.39, 0.29) is 16.7 Å². The van der Waals surface area contributed by atoms with Crippen LogP contribution in [0.4, 0.5) is 52.0 Å². The molecule has 0 saturated carbocycles. The highest BCUT2D eigenvalue weighted by Crippen LogP contribution is 2.43. The number of anilines is 9. The second-order valence-corrected chi connectivity index (χ2v) is 35.1. The Hall–Kier alpha value is -12.1. The number of nitrogens with one attached hydrogen (secondary N) is 3. The number of aromatic nitrogens is 15. The van der Waals surface area contributed by atoms with Crippen molar-refractivity contribution < 1.29 is 15.3 Å². The van der Waals surface area contributed by atoms with Gasteiger partial charge in [-0.2, -0.15) is 15.0 Å². The molecule has 7 aliphatic rings. The monoisotopic (exact) mass is 1660 g/mol. The maximum atomic E-state index is 13.4. The number of rotatable bonds is 11. The summed E-state index contributed by atoms with van der Waals surface area (Å²) in [6.07, 6.45) is 30.0. The van der Waals surface area contributed by atoms with Gasteiger partial charge in [-0.05, 0) is 274 Å². The summed E-state index contributed by atoms with van der Waals surface area (Å²) in [5.41, 5.74) is 6.02. The van der Waals surface area contributed by atoms with Crippen molar-refractivity contribution in [3.8, 4) is 17.5 Å². The summed E-state index contributed by atoms with van der Waals surface area (Å²) in [5.74, 6) is 2.75. The highest BCUT2D eigenvalue weighted by atomic mass is 16.3. The zero-order valence-corrected chi connectivity index (χ0v) is 71.6. The number of hydrogen-bond acceptors (Lipinski definition) is 24. The summed E-state index contributed by atoms with van der Waals surface area (Å²) < 4.78 is 10.0. The lowest BCUT2D eigenvalue weighted by molar-refractivity contribution is 0.0439. The first-order valence-corrected chi connectivity index (χ1v) is 43.3. The molecule has 30 nitrogen and oxygen atoms in total. The first kappa shape index (κ1) is 83.2. The number of fused-ring (bicyclic) bond motifs is 18. The Kier molecular flexibility index (Phi) is 23.7. The Morgan fingerprint density at radius 3 is 0.959 bits per heavy atom. The number of allylic oxidation sites excluding steroid dienone is 6. The smallest absolute Gasteiger partial charge is 0.278 e. The molecule has 0 radical (unpaired) electrons. The predicted octanol–water partition coefficient (Wildman–Crippen LogP) is 12.2. The fourth-order valence-corrected chi connectivity index (χ4v) is 18.1. The summed E-state index contributed by atoms with van der Waals surface area (Å²) in [6, 6.07) is 42.9. The summed E-state index contributed by atoms with van der Waals surface area (Å²) in [7, 11) is 10.9. The van der Waals surface area contributed by atoms with Crippen molar-refractivity contribution in [2.24, 2.45) is 5.41 Å². The number of piperidine rings is 4. The summed E-state index contributed by atoms with van der Waals surface area (Å²) >= 11 is 0. The van der Waals surface area contributed by atoms with Crippen LogP contribution < -0.4 is 47.3 Å². The molecule has 9 aromatic heterocycles. The highest BCUT2D eigenvalue weighted by Gasteiger charge is 2.38. The molecule has 1 spiro atoms. The SMILES string of the molecule is CN(C)C1CCN(c2ccc(Nc3ncc4c(=O)n5n(c4n3)-c3cccc(n3)[C@@](C)(O)CC/C=C\C5)cc2)CC1.CN(C)C1CCN(c2ccc(Nc3ncc4c(=O)n5n(c4n3)-c3cccc(n3)[C@](C)(O)CC/C=C\C5)cc2)CC1.CN1CCC2(CC1)CCN(c1ccc(Nc3ncc4c(=O)n5n(c4n3)-c3cccc(n3)[C@](C)(O)CC/C=C\C5)cc1)CC2. The first-order chi connectivity index (χ1) is 59.4. The third-order valence-electron chi connectivity index (χ3n) is 26.0. The van der Waals surface area contributed by atoms with Gasteiger partial charge >= 0.3 is 0 Å². The van der Waals surface area contributed by atoms with Crippen LogP contribution in [-0.2, 0) is 36.4 Å². The number of likely N-dealkylation sites (tertiary alicyclic amines) is 1. The van der Waals surface area contributed by atoms with Gasteiger partial charge in [-0.25, -0.2) is 58.0 Å². The van der Waals surface area contributed by atoms with Gasteiger partial charge < -0.3 is 60.7 Å². The van der Waals surface area contributed by atoms with Crippen molar-refractivity contribution >= 4 is 85.1 Å². The first-order valence-electron chi connectivity index (χ1n) is 43.3. The minimum atomic E-state index is -1.09. The molecular formula is C93H112N24O6. The number of hydrogen-bond donors (Lipinski definition) is 6. The third-order valence-corrected chi connectivity index (χ3v) is 26.0. The lowest BCUT2D eigenvalue weighted by atomic mass is 9.71. The van der Waals surface area contributed by atoms with Crippen molar-refractivity contribution in [3.63, 3.8) is 0 Å². The largest absolute Gasteiger partial charge is 0.384 e. The average Bonchev–Trinajstić information content (AvgIpc) is 1.61. The molecular weight excluding hydrogens is 1550 g/mol. The molecule has 3 atom stereocenters. The molecule has 16 heterocycles. The second kappa shape index (κ2) is 35.0. The van der Waals surface area contributed by atoms with E-state index in [4.69, 9.17) is 29.9 Å². The second-order valence-electron chi connectivity index (χ2n) is 35.1. The van der Waals surface area contributed by atoms with E-state index in [0.717, 1.165) is 82.0 Å². The summed E-state index contributed by atoms with van der Waals surface area (Å²) in [5, 5.41) is 44.3. The van der Waals surface area contributed by atoms with Gasteiger partial charge in [-0.15, -0.1) is 0 Å². The average molecular weight is 1660 g/mol. The Morgan fingerprint density at radius 2 is 0.659 bits per heavy atom. The number of pyridine rings is 3. The van der Waals surface area contributed by atoms with Crippen molar-refractivity contribution in [2.75, 3.05) is 118 Å². The van der Waals surface area contributed by atoms with Gasteiger partial charge in [0.15, 0.2) is 34.4 Å². The molecule has 6 N–H and O–H groups in total. The lowest BCUT2D eigenvalue weighted by Gasteiger charge is -2.46. The molecule has 19 rings (SSSR count). The Labute approximate surface area is 715 Å². The molecule has 0 aliphatic carbocycles. The minimum absolute atomic E-state index is 0.183. The van der Waals surface area contributed by atoms with E-state index in [2.05, 4.69) is 144 Å². The van der Waals surface area contributed by atoms with E-state index >= 15 is 0 Å². The van der Waals surface area contributed by atoms with Gasteiger partial charge in [0.05, 0.1) is 36.7 Å². The van der Waals surface area contributed by atoms with Crippen LogP contribution >= 0.6 is 0 Å². The molecule has 7 aliphatic heterocycles. The molecule has 640 valence electrons. The van der Waals surface area contributed by atoms with Crippen LogP contribution in [0.3, 0.4) is 0 Å². The molecule has 12 aromatic rings. The number of aliphatic hydroxyl groups is 3. The zero-order valence-electron chi connectivity index (χ0n) is 71.6. The van der Waals surface area contributed by atoms with Gasteiger partial charge in [0.25, 0.3) is 16.7 Å². The Balaban J connectivity index is 0.000000131. The van der Waals surface area contributed by atoms with E-state index in [1.54, 1.807) is 67.5 Å². The van der Waals surface area contributed by atoms with Gasteiger partial charge in [-0.1, -0.05) is 54.7 Å². The van der Waals surface area contributed by atoms with Crippen molar-refractivity contribution in [1.29, 1.82) is 0 Å². The highest BCUT2D eigenvalue weighted by molar-refractivity contribution is 5.80. The van der Waals surface area contributed by atoms with Crippen LogP contribution in [0, 0.1) is 5.41 Å². The molecule has 0 amide bonds. The van der Waals surface area contributed by atoms with Crippen LogP contribution in [0.25, 0.3) is 50.6 Å². The molecule has 30 heteroatoms. The molecule has 123 heavy (non-hydrogen) atoms. The lowest BCUT2D eigenvalue weighted by Crippen LogP contribution is -2.46. The van der Waals surface area contributed by atoms with E-state index in [0.29, 0.717) is 161 Å². The van der Waals surface area contributed by atoms with Crippen molar-refractivity contribution in [3.05, 3.63) is 231 Å². The van der Waals surface area contributed by atoms with Crippen molar-refractivity contribution in [2.45, 2.75) is 159 Å². The molecule has 0 unspecified atom stereocenters. The van der Waals surface area contributed by atoms with Crippen LogP contribution in [-0.4, -0.2) is 203 Å². The normalized spacial score (nSPS) is 21.6. The minimum Gasteiger partial charge on any atom is -0.384 e. The van der Waals surface area contributed by atoms with Crippen LogP contribution in [0.1, 0.15) is 128 Å². The maximum absolute atomic E-state index is 13.4. The summed E-state index contributed by atoms with van der Waals surface area (Å²) in [4.78, 5) is 96.6. The third kappa shape index (κ3) is 17.8. The van der Waals surface area contributed by atoms with Crippen LogP contribution in [0.2, 0.25) is 0 Å². The van der Waals surface area contributed by atoms with Gasteiger partial charge in [0.2, 0.25) is 17.8 Å². The molecule has 4 saturated heterocycles. The quantitative estimate of drug-likeness (QED) is 0.0655. The standard InChI is InChI=1S/C33H40N8O2.2C30H36N8O2/c1-32(43)13-4-3-5-18-40-30(42)26-23-34-31(37-29(26)41(40)28-8-6-7-27(32)36-28)35-24-9-11-25(12-10-24)39-21-16-33(17-22-39)14-19-38(2)20-15-33;2*1-30(40)16-5-4-6-17-37-28(39)24-20-31-29(34-27(24)38(37)26-9-7-8-25(30)33-26)32-21-10-12-23(13-11-21)36-18-14-22(15-19-36)35(2)3/h3,5-12,23,43H,4,13-22H2,1-2H3,(H,34,35,37);2*4,6-13,20,22,40H,5,14-19H2,1-3H3,(H,31,32,34)/b5-3-;2*6-4-/t32-;2*30-/m110/s1. The number of benzene rings is 3. The fraction of sp³-hybridized carbons (Fsp3) is 0.419. The van der Waals surface area contributed by atoms with Gasteiger partial charge in [-0.3, -0.25) is 14.4 Å². The Bertz CT molecular complexity index is 5820. The van der Waals surface area contributed by atoms with Gasteiger partial charge in [0.1, 0.15) is 33.0 Å². The van der Waals surface area contributed by atoms with Crippen LogP contribution in [0.15, 0.2) is 197 Å². The topological polar surface area (TPSA) is 313 Å². The van der Waals surface area contributed by atoms with Gasteiger partial charge in [0, 0.05) is 104 Å². The predicted molar refractivity (Wildman–Crippen MR) is 484 cm³/mol.